The molecule has 0 unspecified atom stereocenters. The van der Waals surface area contributed by atoms with Crippen molar-refractivity contribution in [2.45, 2.75) is 33.7 Å². The Morgan fingerprint density at radius 2 is 2.18 bits per heavy atom. The molecule has 17 heavy (non-hydrogen) atoms. The van der Waals surface area contributed by atoms with Crippen LogP contribution in [0, 0.1) is 0 Å². The normalized spacial score (nSPS) is 11.0. The summed E-state index contributed by atoms with van der Waals surface area (Å²) in [6, 6.07) is 4.14. The number of nitrogens with one attached hydrogen (secondary N) is 1. The highest BCUT2D eigenvalue weighted by Crippen LogP contribution is 2.13. The summed E-state index contributed by atoms with van der Waals surface area (Å²) in [4.78, 5) is 4.45. The van der Waals surface area contributed by atoms with Gasteiger partial charge in [-0.05, 0) is 31.5 Å². The fourth-order valence-electron chi connectivity index (χ4n) is 1.48. The number of aromatic nitrogens is 1. The van der Waals surface area contributed by atoms with Crippen molar-refractivity contribution < 1.29 is 4.74 Å². The lowest BCUT2D eigenvalue weighted by Gasteiger charge is -2.08. The Balaban J connectivity index is 2.73. The van der Waals surface area contributed by atoms with Crippen molar-refractivity contribution in [3.63, 3.8) is 0 Å². The molecule has 0 aliphatic heterocycles. The van der Waals surface area contributed by atoms with E-state index in [0.717, 1.165) is 31.1 Å². The van der Waals surface area contributed by atoms with Crippen molar-refractivity contribution in [3.05, 3.63) is 35.5 Å². The lowest BCUT2D eigenvalue weighted by Crippen LogP contribution is -2.12. The molecule has 0 atom stereocenters. The van der Waals surface area contributed by atoms with Crippen LogP contribution in [0.3, 0.4) is 0 Å². The summed E-state index contributed by atoms with van der Waals surface area (Å²) >= 11 is 0. The second-order valence-electron chi connectivity index (χ2n) is 3.82. The van der Waals surface area contributed by atoms with Crippen LogP contribution in [0.4, 0.5) is 0 Å². The molecular formula is C14H22N2O. The van der Waals surface area contributed by atoms with Crippen LogP contribution >= 0.6 is 0 Å². The maximum atomic E-state index is 5.58. The molecule has 3 heteroatoms. The first-order chi connectivity index (χ1) is 8.30. The van der Waals surface area contributed by atoms with Crippen LogP contribution in [-0.4, -0.2) is 18.1 Å². The van der Waals surface area contributed by atoms with E-state index in [4.69, 9.17) is 4.74 Å². The van der Waals surface area contributed by atoms with Gasteiger partial charge in [-0.25, -0.2) is 4.98 Å². The minimum absolute atomic E-state index is 0.581. The molecule has 0 aliphatic carbocycles. The van der Waals surface area contributed by atoms with Crippen LogP contribution in [0.2, 0.25) is 0 Å². The van der Waals surface area contributed by atoms with E-state index >= 15 is 0 Å². The highest BCUT2D eigenvalue weighted by Gasteiger charge is 2.02. The van der Waals surface area contributed by atoms with Gasteiger partial charge in [-0.3, -0.25) is 0 Å². The standard InChI is InChI=1S/C14H22N2O/c1-4-7-8-17-14-10-12(11-15-6-3)9-13(5-2)16-14/h4,7,9-10,15H,5-6,8,11H2,1-3H3/b7-4+. The molecule has 94 valence electrons. The van der Waals surface area contributed by atoms with E-state index < -0.39 is 0 Å². The molecule has 0 fully saturated rings. The molecule has 1 aromatic heterocycles. The van der Waals surface area contributed by atoms with Gasteiger partial charge in [-0.2, -0.15) is 0 Å². The van der Waals surface area contributed by atoms with Crippen LogP contribution in [-0.2, 0) is 13.0 Å². The molecule has 0 saturated carbocycles. The Hall–Kier alpha value is -1.35. The molecule has 0 saturated heterocycles. The number of rotatable bonds is 7. The minimum atomic E-state index is 0.581. The molecule has 0 spiro atoms. The van der Waals surface area contributed by atoms with Crippen LogP contribution in [0.25, 0.3) is 0 Å². The van der Waals surface area contributed by atoms with Gasteiger partial charge in [0.25, 0.3) is 0 Å². The van der Waals surface area contributed by atoms with Gasteiger partial charge in [-0.1, -0.05) is 26.0 Å². The number of allylic oxidation sites excluding steroid dienone is 1. The third-order valence-electron chi connectivity index (χ3n) is 2.42. The molecule has 0 radical (unpaired) electrons. The van der Waals surface area contributed by atoms with E-state index in [2.05, 4.69) is 30.2 Å². The molecule has 1 rings (SSSR count). The predicted molar refractivity (Wildman–Crippen MR) is 71.3 cm³/mol. The smallest absolute Gasteiger partial charge is 0.214 e. The lowest BCUT2D eigenvalue weighted by molar-refractivity contribution is 0.346. The molecule has 0 aliphatic rings. The van der Waals surface area contributed by atoms with E-state index in [0.29, 0.717) is 6.61 Å². The lowest BCUT2D eigenvalue weighted by atomic mass is 10.2. The molecule has 3 nitrogen and oxygen atoms in total. The first kappa shape index (κ1) is 13.7. The van der Waals surface area contributed by atoms with E-state index in [1.165, 1.54) is 5.56 Å². The summed E-state index contributed by atoms with van der Waals surface area (Å²) in [7, 11) is 0. The fourth-order valence-corrected chi connectivity index (χ4v) is 1.48. The van der Waals surface area contributed by atoms with Crippen LogP contribution in [0.15, 0.2) is 24.3 Å². The second kappa shape index (κ2) is 7.85. The largest absolute Gasteiger partial charge is 0.473 e. The fraction of sp³-hybridized carbons (Fsp3) is 0.500. The van der Waals surface area contributed by atoms with Crippen LogP contribution in [0.1, 0.15) is 32.0 Å². The third kappa shape index (κ3) is 5.00. The second-order valence-corrected chi connectivity index (χ2v) is 3.82. The highest BCUT2D eigenvalue weighted by atomic mass is 16.5. The van der Waals surface area contributed by atoms with E-state index in [9.17, 15) is 0 Å². The number of nitrogens with zero attached hydrogens (tertiary/aromatic N) is 1. The van der Waals surface area contributed by atoms with Gasteiger partial charge in [0, 0.05) is 18.3 Å². The van der Waals surface area contributed by atoms with Crippen molar-refractivity contribution in [1.29, 1.82) is 0 Å². The van der Waals surface area contributed by atoms with Crippen molar-refractivity contribution >= 4 is 0 Å². The van der Waals surface area contributed by atoms with Gasteiger partial charge in [0.2, 0.25) is 5.88 Å². The summed E-state index contributed by atoms with van der Waals surface area (Å²) < 4.78 is 5.58. The summed E-state index contributed by atoms with van der Waals surface area (Å²) in [6.07, 6.45) is 4.88. The molecule has 1 aromatic rings. The predicted octanol–water partition coefficient (Wildman–Crippen LogP) is 2.71. The van der Waals surface area contributed by atoms with Gasteiger partial charge in [0.05, 0.1) is 0 Å². The number of pyridine rings is 1. The SMILES string of the molecule is C/C=C/COc1cc(CNCC)cc(CC)n1. The summed E-state index contributed by atoms with van der Waals surface area (Å²) in [5.74, 6) is 0.718. The highest BCUT2D eigenvalue weighted by molar-refractivity contribution is 5.25. The zero-order valence-corrected chi connectivity index (χ0v) is 11.0. The average Bonchev–Trinajstić information content (AvgIpc) is 2.36. The van der Waals surface area contributed by atoms with Gasteiger partial charge >= 0.3 is 0 Å². The number of hydrogen-bond acceptors (Lipinski definition) is 3. The molecule has 1 N–H and O–H groups in total. The molecular weight excluding hydrogens is 212 g/mol. The van der Waals surface area contributed by atoms with Gasteiger partial charge in [0.15, 0.2) is 0 Å². The average molecular weight is 234 g/mol. The Morgan fingerprint density at radius 3 is 2.82 bits per heavy atom. The maximum absolute atomic E-state index is 5.58. The summed E-state index contributed by atoms with van der Waals surface area (Å²) in [5, 5.41) is 3.31. The van der Waals surface area contributed by atoms with Crippen LogP contribution in [0.5, 0.6) is 5.88 Å². The number of ether oxygens (including phenoxy) is 1. The number of hydrogen-bond donors (Lipinski definition) is 1. The van der Waals surface area contributed by atoms with E-state index in [1.54, 1.807) is 0 Å². The molecule has 1 heterocycles. The Morgan fingerprint density at radius 1 is 1.35 bits per heavy atom. The topological polar surface area (TPSA) is 34.1 Å². The minimum Gasteiger partial charge on any atom is -0.473 e. The van der Waals surface area contributed by atoms with E-state index in [1.807, 2.05) is 25.1 Å². The maximum Gasteiger partial charge on any atom is 0.214 e. The molecule has 0 aromatic carbocycles. The summed E-state index contributed by atoms with van der Waals surface area (Å²) in [5.41, 5.74) is 2.31. The Bertz CT molecular complexity index is 361. The Labute approximate surface area is 104 Å². The monoisotopic (exact) mass is 234 g/mol. The zero-order chi connectivity index (χ0) is 12.5. The van der Waals surface area contributed by atoms with Crippen molar-refractivity contribution in [2.75, 3.05) is 13.2 Å². The zero-order valence-electron chi connectivity index (χ0n) is 11.0. The van der Waals surface area contributed by atoms with Gasteiger partial charge in [0.1, 0.15) is 6.61 Å². The van der Waals surface area contributed by atoms with Crippen molar-refractivity contribution in [3.8, 4) is 5.88 Å². The summed E-state index contributed by atoms with van der Waals surface area (Å²) in [6.45, 7) is 8.61. The third-order valence-corrected chi connectivity index (χ3v) is 2.42. The van der Waals surface area contributed by atoms with Gasteiger partial charge in [-0.15, -0.1) is 0 Å². The molecule has 0 bridgehead atoms. The van der Waals surface area contributed by atoms with Gasteiger partial charge < -0.3 is 10.1 Å². The van der Waals surface area contributed by atoms with Crippen molar-refractivity contribution in [2.24, 2.45) is 0 Å². The Kier molecular flexibility index (Phi) is 6.33. The van der Waals surface area contributed by atoms with Crippen LogP contribution < -0.4 is 10.1 Å². The first-order valence-corrected chi connectivity index (χ1v) is 6.24. The number of aryl methyl sites for hydroxylation is 1. The van der Waals surface area contributed by atoms with Crippen molar-refractivity contribution in [1.82, 2.24) is 10.3 Å². The first-order valence-electron chi connectivity index (χ1n) is 6.24. The molecule has 0 amide bonds. The quantitative estimate of drug-likeness (QED) is 0.737. The van der Waals surface area contributed by atoms with E-state index in [-0.39, 0.29) is 0 Å².